The molecule has 1 aromatic carbocycles. The highest BCUT2D eigenvalue weighted by Crippen LogP contribution is 2.63. The van der Waals surface area contributed by atoms with E-state index < -0.39 is 35.1 Å². The quantitative estimate of drug-likeness (QED) is 0.528. The SMILES string of the molecule is CNC(=O)[C@@H]1[C@H]2C(=O)N([C@@H](CO)CC(C)C)C(C(=O)Nc3ccc(OC)cc3)C23CC[C@@]1(C)O3. The smallest absolute Gasteiger partial charge is 0.250 e. The molecule has 6 atom stereocenters. The number of methoxy groups -OCH3 is 1. The van der Waals surface area contributed by atoms with Gasteiger partial charge in [-0.1, -0.05) is 13.8 Å². The van der Waals surface area contributed by atoms with Crippen LogP contribution < -0.4 is 15.4 Å². The van der Waals surface area contributed by atoms with Crippen molar-refractivity contribution in [1.82, 2.24) is 10.2 Å². The molecule has 0 aliphatic carbocycles. The van der Waals surface area contributed by atoms with E-state index in [4.69, 9.17) is 9.47 Å². The number of benzene rings is 1. The molecule has 34 heavy (non-hydrogen) atoms. The second-order valence-corrected chi connectivity index (χ2v) is 10.3. The lowest BCUT2D eigenvalue weighted by Crippen LogP contribution is -2.56. The molecule has 186 valence electrons. The fraction of sp³-hybridized carbons (Fsp3) is 0.640. The van der Waals surface area contributed by atoms with Gasteiger partial charge in [0, 0.05) is 12.7 Å². The first-order valence-electron chi connectivity index (χ1n) is 11.9. The minimum Gasteiger partial charge on any atom is -0.497 e. The molecule has 3 saturated heterocycles. The summed E-state index contributed by atoms with van der Waals surface area (Å²) >= 11 is 0. The molecule has 3 aliphatic rings. The van der Waals surface area contributed by atoms with Crippen LogP contribution in [0.25, 0.3) is 0 Å². The van der Waals surface area contributed by atoms with Gasteiger partial charge in [0.05, 0.1) is 37.2 Å². The number of rotatable bonds is 8. The summed E-state index contributed by atoms with van der Waals surface area (Å²) in [7, 11) is 3.11. The zero-order valence-corrected chi connectivity index (χ0v) is 20.5. The van der Waals surface area contributed by atoms with Crippen molar-refractivity contribution in [2.75, 3.05) is 26.1 Å². The maximum Gasteiger partial charge on any atom is 0.250 e. The topological polar surface area (TPSA) is 117 Å². The van der Waals surface area contributed by atoms with Gasteiger partial charge in [0.25, 0.3) is 0 Å². The van der Waals surface area contributed by atoms with Crippen LogP contribution in [-0.4, -0.2) is 71.8 Å². The van der Waals surface area contributed by atoms with E-state index in [0.717, 1.165) is 0 Å². The van der Waals surface area contributed by atoms with Crippen LogP contribution in [0.5, 0.6) is 5.75 Å². The van der Waals surface area contributed by atoms with Crippen LogP contribution in [-0.2, 0) is 19.1 Å². The summed E-state index contributed by atoms with van der Waals surface area (Å²) < 4.78 is 11.7. The molecule has 2 bridgehead atoms. The average molecular weight is 474 g/mol. The number of carbonyl (C=O) groups is 3. The molecular formula is C25H35N3O6. The van der Waals surface area contributed by atoms with Gasteiger partial charge >= 0.3 is 0 Å². The van der Waals surface area contributed by atoms with E-state index in [0.29, 0.717) is 30.7 Å². The van der Waals surface area contributed by atoms with Crippen molar-refractivity contribution in [2.24, 2.45) is 17.8 Å². The normalized spacial score (nSPS) is 32.6. The third-order valence-corrected chi connectivity index (χ3v) is 7.70. The van der Waals surface area contributed by atoms with Crippen molar-refractivity contribution in [3.63, 3.8) is 0 Å². The first kappa shape index (κ1) is 24.5. The van der Waals surface area contributed by atoms with Crippen LogP contribution >= 0.6 is 0 Å². The number of nitrogens with zero attached hydrogens (tertiary/aromatic N) is 1. The molecule has 3 aliphatic heterocycles. The molecule has 0 saturated carbocycles. The number of anilines is 1. The summed E-state index contributed by atoms with van der Waals surface area (Å²) in [6.07, 6.45) is 1.59. The van der Waals surface area contributed by atoms with Gasteiger partial charge in [0.15, 0.2) is 0 Å². The van der Waals surface area contributed by atoms with Crippen molar-refractivity contribution >= 4 is 23.4 Å². The number of nitrogens with one attached hydrogen (secondary N) is 2. The number of aliphatic hydroxyl groups excluding tert-OH is 1. The van der Waals surface area contributed by atoms with Crippen LogP contribution in [0.3, 0.4) is 0 Å². The summed E-state index contributed by atoms with van der Waals surface area (Å²) in [5.41, 5.74) is -1.38. The Morgan fingerprint density at radius 3 is 2.47 bits per heavy atom. The second kappa shape index (κ2) is 8.85. The Bertz CT molecular complexity index is 966. The van der Waals surface area contributed by atoms with Gasteiger partial charge in [-0.05, 0) is 56.4 Å². The van der Waals surface area contributed by atoms with E-state index in [1.807, 2.05) is 20.8 Å². The molecule has 3 fully saturated rings. The van der Waals surface area contributed by atoms with Crippen LogP contribution in [0, 0.1) is 17.8 Å². The Kier molecular flexibility index (Phi) is 6.37. The van der Waals surface area contributed by atoms with E-state index in [9.17, 15) is 19.5 Å². The number of carbonyl (C=O) groups excluding carboxylic acids is 3. The Morgan fingerprint density at radius 1 is 1.24 bits per heavy atom. The molecule has 1 aromatic rings. The number of ether oxygens (including phenoxy) is 2. The van der Waals surface area contributed by atoms with Crippen LogP contribution in [0.1, 0.15) is 40.0 Å². The molecule has 0 radical (unpaired) electrons. The maximum absolute atomic E-state index is 13.9. The highest BCUT2D eigenvalue weighted by atomic mass is 16.5. The van der Waals surface area contributed by atoms with E-state index >= 15 is 0 Å². The predicted octanol–water partition coefficient (Wildman–Crippen LogP) is 1.55. The third kappa shape index (κ3) is 3.65. The average Bonchev–Trinajstić information content (AvgIpc) is 3.38. The monoisotopic (exact) mass is 473 g/mol. The summed E-state index contributed by atoms with van der Waals surface area (Å²) in [5, 5.41) is 15.9. The van der Waals surface area contributed by atoms with E-state index in [1.54, 1.807) is 38.4 Å². The third-order valence-electron chi connectivity index (χ3n) is 7.70. The minimum atomic E-state index is -1.12. The van der Waals surface area contributed by atoms with Crippen molar-refractivity contribution in [3.05, 3.63) is 24.3 Å². The highest BCUT2D eigenvalue weighted by Gasteiger charge is 2.78. The molecule has 2 unspecified atom stereocenters. The second-order valence-electron chi connectivity index (χ2n) is 10.3. The zero-order chi connectivity index (χ0) is 24.8. The van der Waals surface area contributed by atoms with E-state index in [1.165, 1.54) is 4.90 Å². The molecule has 0 aromatic heterocycles. The number of aliphatic hydroxyl groups is 1. The maximum atomic E-state index is 13.9. The van der Waals surface area contributed by atoms with Gasteiger partial charge in [0.2, 0.25) is 17.7 Å². The van der Waals surface area contributed by atoms with Gasteiger partial charge in [0.1, 0.15) is 17.4 Å². The van der Waals surface area contributed by atoms with Crippen molar-refractivity contribution < 1.29 is 29.0 Å². The Morgan fingerprint density at radius 2 is 1.91 bits per heavy atom. The fourth-order valence-electron chi connectivity index (χ4n) is 6.32. The molecule has 1 spiro atoms. The molecule has 3 N–H and O–H groups in total. The number of hydrogen-bond acceptors (Lipinski definition) is 6. The summed E-state index contributed by atoms with van der Waals surface area (Å²) in [4.78, 5) is 42.2. The Balaban J connectivity index is 1.76. The van der Waals surface area contributed by atoms with E-state index in [2.05, 4.69) is 10.6 Å². The van der Waals surface area contributed by atoms with Gasteiger partial charge in [-0.15, -0.1) is 0 Å². The predicted molar refractivity (Wildman–Crippen MR) is 125 cm³/mol. The van der Waals surface area contributed by atoms with Crippen LogP contribution in [0.15, 0.2) is 24.3 Å². The van der Waals surface area contributed by atoms with Crippen molar-refractivity contribution in [2.45, 2.75) is 63.3 Å². The number of amides is 3. The number of hydrogen-bond donors (Lipinski definition) is 3. The lowest BCUT2D eigenvalue weighted by Gasteiger charge is -2.37. The van der Waals surface area contributed by atoms with Gasteiger partial charge in [-0.2, -0.15) is 0 Å². The fourth-order valence-corrected chi connectivity index (χ4v) is 6.32. The van der Waals surface area contributed by atoms with Gasteiger partial charge < -0.3 is 30.1 Å². The summed E-state index contributed by atoms with van der Waals surface area (Å²) in [6.45, 7) is 5.59. The zero-order valence-electron chi connectivity index (χ0n) is 20.5. The molecular weight excluding hydrogens is 438 g/mol. The van der Waals surface area contributed by atoms with Crippen molar-refractivity contribution in [3.8, 4) is 5.75 Å². The molecule has 3 heterocycles. The lowest BCUT2D eigenvalue weighted by molar-refractivity contribution is -0.148. The highest BCUT2D eigenvalue weighted by molar-refractivity contribution is 6.03. The minimum absolute atomic E-state index is 0.192. The summed E-state index contributed by atoms with van der Waals surface area (Å²) in [5.74, 6) is -1.57. The number of likely N-dealkylation sites (tertiary alicyclic amines) is 1. The Labute approximate surface area is 200 Å². The molecule has 4 rings (SSSR count). The standard InChI is InChI=1S/C25H35N3O6/c1-14(2)12-16(13-29)28-20(22(31)27-15-6-8-17(33-5)9-7-15)25-11-10-24(3,34-25)18(21(30)26-4)19(25)23(28)32/h6-9,14,16,18-20,29H,10-13H2,1-5H3,(H,26,30)(H,27,31)/t16-,18+,19+,20?,24-,25?/m1/s1. The molecule has 9 heteroatoms. The first-order chi connectivity index (χ1) is 16.1. The van der Waals surface area contributed by atoms with Gasteiger partial charge in [-0.25, -0.2) is 0 Å². The lowest BCUT2D eigenvalue weighted by atomic mass is 9.66. The number of fused-ring (bicyclic) bond motifs is 1. The molecule has 9 nitrogen and oxygen atoms in total. The van der Waals surface area contributed by atoms with Crippen LogP contribution in [0.4, 0.5) is 5.69 Å². The Hall–Kier alpha value is -2.65. The first-order valence-corrected chi connectivity index (χ1v) is 11.9. The largest absolute Gasteiger partial charge is 0.497 e. The molecule has 3 amide bonds. The van der Waals surface area contributed by atoms with Crippen molar-refractivity contribution in [1.29, 1.82) is 0 Å². The summed E-state index contributed by atoms with van der Waals surface area (Å²) in [6, 6.07) is 5.42. The van der Waals surface area contributed by atoms with Crippen LogP contribution in [0.2, 0.25) is 0 Å². The van der Waals surface area contributed by atoms with Gasteiger partial charge in [-0.3, -0.25) is 14.4 Å². The van der Waals surface area contributed by atoms with E-state index in [-0.39, 0.29) is 30.2 Å².